The number of hydrogen-bond donors (Lipinski definition) is 0. The van der Waals surface area contributed by atoms with Crippen LogP contribution in [-0.4, -0.2) is 0 Å². The van der Waals surface area contributed by atoms with Crippen molar-refractivity contribution >= 4 is 27.8 Å². The predicted molar refractivity (Wildman–Crippen MR) is 278 cm³/mol. The Kier molecular flexibility index (Phi) is 9.81. The number of nitrogens with zero attached hydrogens (tertiary/aromatic N) is 1. The first-order chi connectivity index (χ1) is 32.8. The van der Waals surface area contributed by atoms with Crippen molar-refractivity contribution in [2.24, 2.45) is 0 Å². The lowest BCUT2D eigenvalue weighted by Gasteiger charge is -2.34. The van der Waals surface area contributed by atoms with E-state index in [1.165, 1.54) is 72.0 Å². The highest BCUT2D eigenvalue weighted by Gasteiger charge is 2.46. The number of benzene rings is 11. The fourth-order valence-electron chi connectivity index (χ4n) is 10.6. The van der Waals surface area contributed by atoms with Crippen LogP contribution in [0.15, 0.2) is 273 Å². The summed E-state index contributed by atoms with van der Waals surface area (Å²) in [4.78, 5) is 2.45. The van der Waals surface area contributed by atoms with Gasteiger partial charge in [0.25, 0.3) is 0 Å². The largest absolute Gasteiger partial charge is 0.309 e. The van der Waals surface area contributed by atoms with Crippen LogP contribution in [0.4, 0.5) is 17.1 Å². The van der Waals surface area contributed by atoms with E-state index in [0.29, 0.717) is 0 Å². The maximum atomic E-state index is 2.45. The Bertz CT molecular complexity index is 3470. The van der Waals surface area contributed by atoms with Gasteiger partial charge in [0.1, 0.15) is 0 Å². The van der Waals surface area contributed by atoms with Crippen LogP contribution in [0.2, 0.25) is 0 Å². The van der Waals surface area contributed by atoms with Crippen molar-refractivity contribution in [2.75, 3.05) is 4.90 Å². The number of hydrogen-bond acceptors (Lipinski definition) is 1. The maximum absolute atomic E-state index is 2.45. The second kappa shape index (κ2) is 16.6. The van der Waals surface area contributed by atoms with Gasteiger partial charge in [-0.3, -0.25) is 0 Å². The summed E-state index contributed by atoms with van der Waals surface area (Å²) in [7, 11) is 0. The fourth-order valence-corrected chi connectivity index (χ4v) is 10.6. The number of fused-ring (bicyclic) bond motifs is 4. The van der Waals surface area contributed by atoms with Gasteiger partial charge < -0.3 is 4.90 Å². The third-order valence-electron chi connectivity index (χ3n) is 13.6. The lowest BCUT2D eigenvalue weighted by Crippen LogP contribution is -2.28. The van der Waals surface area contributed by atoms with Gasteiger partial charge in [-0.15, -0.1) is 0 Å². The molecule has 0 unspecified atom stereocenters. The van der Waals surface area contributed by atoms with Crippen molar-refractivity contribution in [3.8, 4) is 55.6 Å². The molecule has 0 fully saturated rings. The van der Waals surface area contributed by atoms with Crippen molar-refractivity contribution < 1.29 is 0 Å². The van der Waals surface area contributed by atoms with E-state index in [-0.39, 0.29) is 0 Å². The average Bonchev–Trinajstić information content (AvgIpc) is 3.70. The predicted octanol–water partition coefficient (Wildman–Crippen LogP) is 17.3. The van der Waals surface area contributed by atoms with Gasteiger partial charge in [0.05, 0.1) is 16.8 Å². The molecule has 0 aromatic heterocycles. The Morgan fingerprint density at radius 3 is 1.42 bits per heavy atom. The first kappa shape index (κ1) is 39.1. The molecule has 0 saturated heterocycles. The summed E-state index contributed by atoms with van der Waals surface area (Å²) in [6.45, 7) is 0. The van der Waals surface area contributed by atoms with Crippen LogP contribution >= 0.6 is 0 Å². The van der Waals surface area contributed by atoms with Crippen molar-refractivity contribution in [3.63, 3.8) is 0 Å². The number of anilines is 3. The third-order valence-corrected chi connectivity index (χ3v) is 13.6. The molecule has 0 aliphatic heterocycles. The summed E-state index contributed by atoms with van der Waals surface area (Å²) in [5.74, 6) is 0. The second-order valence-corrected chi connectivity index (χ2v) is 17.2. The van der Waals surface area contributed by atoms with Crippen molar-refractivity contribution in [3.05, 3.63) is 295 Å². The van der Waals surface area contributed by atoms with Crippen LogP contribution in [0.3, 0.4) is 0 Å². The molecule has 0 spiro atoms. The van der Waals surface area contributed by atoms with Crippen molar-refractivity contribution in [2.45, 2.75) is 5.41 Å². The lowest BCUT2D eigenvalue weighted by molar-refractivity contribution is 0.769. The summed E-state index contributed by atoms with van der Waals surface area (Å²) in [5.41, 5.74) is 20.0. The van der Waals surface area contributed by atoms with Gasteiger partial charge in [0.2, 0.25) is 0 Å². The van der Waals surface area contributed by atoms with Crippen LogP contribution in [-0.2, 0) is 5.41 Å². The summed E-state index contributed by atoms with van der Waals surface area (Å²) >= 11 is 0. The van der Waals surface area contributed by atoms with Crippen molar-refractivity contribution in [1.29, 1.82) is 0 Å². The Morgan fingerprint density at radius 2 is 0.727 bits per heavy atom. The average molecular weight is 840 g/mol. The van der Waals surface area contributed by atoms with E-state index in [9.17, 15) is 0 Å². The first-order valence-corrected chi connectivity index (χ1v) is 22.8. The van der Waals surface area contributed by atoms with Gasteiger partial charge in [0.15, 0.2) is 0 Å². The molecular formula is C65H45N. The molecular weight excluding hydrogens is 795 g/mol. The Morgan fingerprint density at radius 1 is 0.258 bits per heavy atom. The molecule has 1 aliphatic carbocycles. The van der Waals surface area contributed by atoms with Gasteiger partial charge in [-0.2, -0.15) is 0 Å². The van der Waals surface area contributed by atoms with Crippen LogP contribution in [0.25, 0.3) is 66.4 Å². The second-order valence-electron chi connectivity index (χ2n) is 17.2. The normalized spacial score (nSPS) is 12.4. The lowest BCUT2D eigenvalue weighted by atomic mass is 9.67. The topological polar surface area (TPSA) is 3.24 Å². The fraction of sp³-hybridized carbons (Fsp3) is 0.0154. The number of para-hydroxylation sites is 2. The van der Waals surface area contributed by atoms with Gasteiger partial charge in [-0.25, -0.2) is 0 Å². The Balaban J connectivity index is 1.01. The quantitative estimate of drug-likeness (QED) is 0.140. The van der Waals surface area contributed by atoms with Gasteiger partial charge >= 0.3 is 0 Å². The van der Waals surface area contributed by atoms with E-state index in [1.807, 2.05) is 0 Å². The molecule has 11 aromatic rings. The van der Waals surface area contributed by atoms with Crippen LogP contribution in [0.5, 0.6) is 0 Å². The number of rotatable bonds is 9. The van der Waals surface area contributed by atoms with Gasteiger partial charge in [-0.1, -0.05) is 237 Å². The van der Waals surface area contributed by atoms with E-state index in [0.717, 1.165) is 33.8 Å². The zero-order valence-electron chi connectivity index (χ0n) is 36.4. The maximum Gasteiger partial charge on any atom is 0.0713 e. The molecule has 0 bridgehead atoms. The molecule has 1 nitrogen and oxygen atoms in total. The molecule has 1 heteroatoms. The highest BCUT2D eigenvalue weighted by atomic mass is 15.1. The van der Waals surface area contributed by atoms with E-state index >= 15 is 0 Å². The van der Waals surface area contributed by atoms with Crippen molar-refractivity contribution in [1.82, 2.24) is 0 Å². The van der Waals surface area contributed by atoms with Crippen LogP contribution < -0.4 is 4.90 Å². The minimum absolute atomic E-state index is 0.461. The highest BCUT2D eigenvalue weighted by molar-refractivity contribution is 5.99. The molecule has 1 aliphatic rings. The zero-order valence-corrected chi connectivity index (χ0v) is 36.4. The summed E-state index contributed by atoms with van der Waals surface area (Å²) in [6, 6.07) is 100.0. The molecule has 11 aromatic carbocycles. The van der Waals surface area contributed by atoms with E-state index in [4.69, 9.17) is 0 Å². The Labute approximate surface area is 387 Å². The van der Waals surface area contributed by atoms with E-state index in [2.05, 4.69) is 278 Å². The summed E-state index contributed by atoms with van der Waals surface area (Å²) in [5, 5.41) is 2.49. The molecule has 0 N–H and O–H groups in total. The highest BCUT2D eigenvalue weighted by Crippen LogP contribution is 2.57. The molecule has 0 saturated carbocycles. The first-order valence-electron chi connectivity index (χ1n) is 22.8. The van der Waals surface area contributed by atoms with Crippen LogP contribution in [0.1, 0.15) is 22.3 Å². The molecule has 310 valence electrons. The molecule has 0 atom stereocenters. The summed E-state index contributed by atoms with van der Waals surface area (Å²) < 4.78 is 0. The summed E-state index contributed by atoms with van der Waals surface area (Å²) in [6.07, 6.45) is 0. The smallest absolute Gasteiger partial charge is 0.0713 e. The molecule has 0 heterocycles. The minimum atomic E-state index is -0.461. The van der Waals surface area contributed by atoms with Gasteiger partial charge in [-0.05, 0) is 114 Å². The van der Waals surface area contributed by atoms with Gasteiger partial charge in [0, 0.05) is 16.8 Å². The standard InChI is InChI=1S/C65H45N/c1-4-20-48(21-5-1)57-31-13-16-36-63(57)66(64-37-17-14-32-58(64)51-25-18-24-50(44-51)56-34-19-23-47-22-10-11-30-55(47)56)54-41-38-46(39-42-54)49-40-43-60-59-33-12-15-35-61(59)65(62(60)45-49,52-26-6-2-7-27-52)53-28-8-3-9-29-53/h1-45H. The minimum Gasteiger partial charge on any atom is -0.309 e. The molecule has 12 rings (SSSR count). The SMILES string of the molecule is c1ccc(-c2ccccc2N(c2ccc(-c3ccc4c(c3)C(c3ccccc3)(c3ccccc3)c3ccccc3-4)cc2)c2ccccc2-c2cccc(-c3cccc4ccccc34)c2)cc1. The molecule has 0 amide bonds. The van der Waals surface area contributed by atoms with E-state index < -0.39 is 5.41 Å². The monoisotopic (exact) mass is 839 g/mol. The molecule has 66 heavy (non-hydrogen) atoms. The third kappa shape index (κ3) is 6.56. The van der Waals surface area contributed by atoms with Crippen LogP contribution in [0, 0.1) is 0 Å². The van der Waals surface area contributed by atoms with E-state index in [1.54, 1.807) is 0 Å². The Hall–Kier alpha value is -8.52. The molecule has 0 radical (unpaired) electrons. The zero-order chi connectivity index (χ0) is 43.9.